The summed E-state index contributed by atoms with van der Waals surface area (Å²) in [5.41, 5.74) is 12.2. The molecule has 0 fully saturated rings. The summed E-state index contributed by atoms with van der Waals surface area (Å²) in [6.07, 6.45) is 14.5. The molecule has 1 heterocycles. The molecule has 1 aromatic heterocycles. The monoisotopic (exact) mass is 694 g/mol. The van der Waals surface area contributed by atoms with Crippen LogP contribution in [-0.4, -0.2) is 5.11 Å². The lowest BCUT2D eigenvalue weighted by Crippen LogP contribution is -2.14. The van der Waals surface area contributed by atoms with E-state index in [4.69, 9.17) is 4.42 Å². The summed E-state index contributed by atoms with van der Waals surface area (Å²) in [4.78, 5) is 0. The molecule has 2 nitrogen and oxygen atoms in total. The Bertz CT molecular complexity index is 2910. The molecular formula is C52H38O2. The van der Waals surface area contributed by atoms with Gasteiger partial charge in [-0.2, -0.15) is 0 Å². The van der Waals surface area contributed by atoms with Crippen LogP contribution < -0.4 is 0 Å². The van der Waals surface area contributed by atoms with Gasteiger partial charge in [0.05, 0.1) is 0 Å². The van der Waals surface area contributed by atoms with Crippen LogP contribution in [0, 0.1) is 11.8 Å². The van der Waals surface area contributed by atoms with Crippen LogP contribution in [0.4, 0.5) is 0 Å². The maximum Gasteiger partial charge on any atom is 0.136 e. The fraction of sp³-hybridized carbons (Fsp3) is 0.0385. The van der Waals surface area contributed by atoms with E-state index in [0.29, 0.717) is 0 Å². The number of hydrogen-bond acceptors (Lipinski definition) is 2. The minimum Gasteiger partial charge on any atom is -0.507 e. The first-order valence-electron chi connectivity index (χ1n) is 18.3. The van der Waals surface area contributed by atoms with Gasteiger partial charge in [0.1, 0.15) is 16.9 Å². The van der Waals surface area contributed by atoms with Crippen LogP contribution in [0.2, 0.25) is 0 Å². The molecule has 2 unspecified atom stereocenters. The summed E-state index contributed by atoms with van der Waals surface area (Å²) < 4.78 is 6.45. The third-order valence-corrected chi connectivity index (χ3v) is 11.0. The molecule has 0 radical (unpaired) electrons. The second-order valence-electron chi connectivity index (χ2n) is 13.9. The zero-order valence-corrected chi connectivity index (χ0v) is 29.9. The Morgan fingerprint density at radius 1 is 0.537 bits per heavy atom. The van der Waals surface area contributed by atoms with Crippen LogP contribution in [-0.2, 0) is 0 Å². The Kier molecular flexibility index (Phi) is 8.09. The van der Waals surface area contributed by atoms with Gasteiger partial charge in [-0.25, -0.2) is 0 Å². The summed E-state index contributed by atoms with van der Waals surface area (Å²) in [5.74, 6) is 0.479. The topological polar surface area (TPSA) is 33.4 Å². The number of fused-ring (bicyclic) bond motifs is 6. The van der Waals surface area contributed by atoms with Gasteiger partial charge in [-0.15, -0.1) is 13.2 Å². The number of allylic oxidation sites excluding steroid dienone is 6. The minimum atomic E-state index is 0.0835. The number of rotatable bonds is 8. The largest absolute Gasteiger partial charge is 0.507 e. The molecule has 2 heteroatoms. The van der Waals surface area contributed by atoms with Gasteiger partial charge in [-0.3, -0.25) is 0 Å². The molecule has 1 aliphatic carbocycles. The van der Waals surface area contributed by atoms with E-state index in [0.717, 1.165) is 93.6 Å². The Morgan fingerprint density at radius 2 is 1.20 bits per heavy atom. The van der Waals surface area contributed by atoms with Crippen molar-refractivity contribution >= 4 is 61.2 Å². The average Bonchev–Trinajstić information content (AvgIpc) is 3.61. The molecule has 1 aliphatic rings. The van der Waals surface area contributed by atoms with Crippen LogP contribution in [0.3, 0.4) is 0 Å². The molecule has 54 heavy (non-hydrogen) atoms. The number of aromatic hydroxyl groups is 1. The third kappa shape index (κ3) is 5.10. The number of phenolic OH excluding ortho intramolecular Hbond substituents is 1. The molecule has 258 valence electrons. The van der Waals surface area contributed by atoms with Gasteiger partial charge in [0, 0.05) is 33.6 Å². The van der Waals surface area contributed by atoms with Crippen LogP contribution in [0.15, 0.2) is 182 Å². The maximum absolute atomic E-state index is 11.2. The summed E-state index contributed by atoms with van der Waals surface area (Å²) >= 11 is 0. The van der Waals surface area contributed by atoms with Crippen molar-refractivity contribution < 1.29 is 9.52 Å². The molecule has 2 atom stereocenters. The highest BCUT2D eigenvalue weighted by atomic mass is 16.3. The van der Waals surface area contributed by atoms with E-state index in [-0.39, 0.29) is 17.6 Å². The molecule has 9 rings (SSSR count). The fourth-order valence-corrected chi connectivity index (χ4v) is 8.61. The van der Waals surface area contributed by atoms with Gasteiger partial charge in [0.15, 0.2) is 0 Å². The molecule has 0 spiro atoms. The molecule has 0 saturated carbocycles. The Labute approximate surface area is 315 Å². The first-order chi connectivity index (χ1) is 26.5. The summed E-state index contributed by atoms with van der Waals surface area (Å²) in [5, 5.41) is 17.6. The van der Waals surface area contributed by atoms with Crippen molar-refractivity contribution in [2.45, 2.75) is 0 Å². The van der Waals surface area contributed by atoms with E-state index in [1.165, 1.54) is 5.57 Å². The Balaban J connectivity index is 1.26. The van der Waals surface area contributed by atoms with E-state index < -0.39 is 0 Å². The van der Waals surface area contributed by atoms with Crippen LogP contribution >= 0.6 is 0 Å². The molecule has 7 aromatic carbocycles. The fourth-order valence-electron chi connectivity index (χ4n) is 8.61. The smallest absolute Gasteiger partial charge is 0.136 e. The van der Waals surface area contributed by atoms with Gasteiger partial charge in [-0.1, -0.05) is 147 Å². The van der Waals surface area contributed by atoms with Crippen LogP contribution in [0.25, 0.3) is 94.6 Å². The number of phenols is 1. The second-order valence-corrected chi connectivity index (χ2v) is 13.9. The average molecular weight is 695 g/mol. The van der Waals surface area contributed by atoms with Gasteiger partial charge in [-0.05, 0) is 96.6 Å². The summed E-state index contributed by atoms with van der Waals surface area (Å²) in [7, 11) is 0. The van der Waals surface area contributed by atoms with Crippen molar-refractivity contribution in [1.82, 2.24) is 0 Å². The molecule has 0 saturated heterocycles. The zero-order chi connectivity index (χ0) is 36.9. The molecule has 0 amide bonds. The molecule has 0 aliphatic heterocycles. The van der Waals surface area contributed by atoms with Crippen molar-refractivity contribution in [1.29, 1.82) is 0 Å². The highest BCUT2D eigenvalue weighted by Crippen LogP contribution is 2.47. The predicted octanol–water partition coefficient (Wildman–Crippen LogP) is 14.4. The lowest BCUT2D eigenvalue weighted by molar-refractivity contribution is 0.478. The van der Waals surface area contributed by atoms with Crippen molar-refractivity contribution in [3.8, 4) is 39.1 Å². The quantitative estimate of drug-likeness (QED) is 0.161. The zero-order valence-electron chi connectivity index (χ0n) is 29.9. The van der Waals surface area contributed by atoms with Gasteiger partial charge in [0.25, 0.3) is 0 Å². The number of hydrogen-bond donors (Lipinski definition) is 1. The first kappa shape index (κ1) is 33.0. The highest BCUT2D eigenvalue weighted by Gasteiger charge is 2.27. The highest BCUT2D eigenvalue weighted by molar-refractivity contribution is 6.24. The molecule has 1 N–H and O–H groups in total. The van der Waals surface area contributed by atoms with Crippen molar-refractivity contribution in [2.75, 3.05) is 0 Å². The molecule has 8 aromatic rings. The lowest BCUT2D eigenvalue weighted by atomic mass is 9.74. The second kappa shape index (κ2) is 13.3. The lowest BCUT2D eigenvalue weighted by Gasteiger charge is -2.29. The summed E-state index contributed by atoms with van der Waals surface area (Å²) in [6.45, 7) is 17.0. The normalized spacial score (nSPS) is 15.4. The van der Waals surface area contributed by atoms with E-state index in [9.17, 15) is 5.11 Å². The first-order valence-corrected chi connectivity index (χ1v) is 18.3. The predicted molar refractivity (Wildman–Crippen MR) is 231 cm³/mol. The third-order valence-electron chi connectivity index (χ3n) is 11.0. The van der Waals surface area contributed by atoms with Crippen molar-refractivity contribution in [3.63, 3.8) is 0 Å². The van der Waals surface area contributed by atoms with E-state index in [1.54, 1.807) is 6.07 Å². The Hall–Kier alpha value is -6.90. The van der Waals surface area contributed by atoms with Crippen LogP contribution in [0.1, 0.15) is 16.7 Å². The van der Waals surface area contributed by atoms with Gasteiger partial charge < -0.3 is 9.52 Å². The van der Waals surface area contributed by atoms with Crippen LogP contribution in [0.5, 0.6) is 5.75 Å². The van der Waals surface area contributed by atoms with Crippen molar-refractivity contribution in [2.24, 2.45) is 11.8 Å². The standard InChI is InChI=1S/C52H38O2/c1-5-32-18-15-23-41(38(32)6-2)51-40(8-4)39(7-3)48(42-21-12-13-22-43(42)51)37-20-14-19-35(30-37)36-26-28-46-44(31-36)52-47(54-46)29-25-34-24-27-45(53)49(50(34)52)33-16-10-9-11-17-33/h5-32,38,53H,1-4H2. The van der Waals surface area contributed by atoms with E-state index in [2.05, 4.69) is 117 Å². The SMILES string of the molecule is C=Cc1c(C=C)c(-c2cccc(-c3ccc4oc5ccc6ccc(O)c(-c7ccccc7)c6c5c4c3)c2)c2ccccc2c1C1=CC=CC(C=C)C1C=C. The van der Waals surface area contributed by atoms with Gasteiger partial charge >= 0.3 is 0 Å². The van der Waals surface area contributed by atoms with E-state index in [1.807, 2.05) is 66.8 Å². The molecular weight excluding hydrogens is 657 g/mol. The maximum atomic E-state index is 11.2. The van der Waals surface area contributed by atoms with Gasteiger partial charge in [0.2, 0.25) is 0 Å². The van der Waals surface area contributed by atoms with Crippen molar-refractivity contribution in [3.05, 3.63) is 195 Å². The number of furan rings is 1. The summed E-state index contributed by atoms with van der Waals surface area (Å²) in [6, 6.07) is 41.7. The van der Waals surface area contributed by atoms with E-state index >= 15 is 0 Å². The molecule has 0 bridgehead atoms. The minimum absolute atomic E-state index is 0.0835. The number of benzene rings is 7. The Morgan fingerprint density at radius 3 is 1.96 bits per heavy atom.